The third-order valence-corrected chi connectivity index (χ3v) is 2.99. The fraction of sp³-hybridized carbons (Fsp3) is 0.308. The van der Waals surface area contributed by atoms with Crippen LogP contribution in [0.25, 0.3) is 11.0 Å². The first-order chi connectivity index (χ1) is 8.63. The van der Waals surface area contributed by atoms with E-state index in [0.717, 1.165) is 5.39 Å². The summed E-state index contributed by atoms with van der Waals surface area (Å²) >= 11 is 5.86. The molecule has 0 aliphatic rings. The molecular weight excluding hydrogens is 254 g/mol. The number of nitrogens with one attached hydrogen (secondary N) is 1. The van der Waals surface area contributed by atoms with Crippen molar-refractivity contribution in [3.8, 4) is 0 Å². The van der Waals surface area contributed by atoms with E-state index in [9.17, 15) is 4.79 Å². The molecule has 1 heterocycles. The summed E-state index contributed by atoms with van der Waals surface area (Å²) in [7, 11) is 0. The van der Waals surface area contributed by atoms with Gasteiger partial charge in [-0.25, -0.2) is 0 Å². The molecule has 18 heavy (non-hydrogen) atoms. The second kappa shape index (κ2) is 5.42. The molecule has 0 aliphatic carbocycles. The number of benzene rings is 1. The molecule has 0 aliphatic heterocycles. The van der Waals surface area contributed by atoms with Crippen molar-refractivity contribution in [3.63, 3.8) is 0 Å². The van der Waals surface area contributed by atoms with Crippen molar-refractivity contribution in [1.29, 1.82) is 0 Å². The van der Waals surface area contributed by atoms with Crippen LogP contribution in [-0.2, 0) is 0 Å². The average molecular weight is 268 g/mol. The van der Waals surface area contributed by atoms with Gasteiger partial charge >= 0.3 is 0 Å². The van der Waals surface area contributed by atoms with Gasteiger partial charge in [0, 0.05) is 10.4 Å². The van der Waals surface area contributed by atoms with Crippen LogP contribution in [0.5, 0.6) is 0 Å². The Labute approximate surface area is 110 Å². The maximum atomic E-state index is 11.9. The Morgan fingerprint density at radius 3 is 2.94 bits per heavy atom. The number of hydrogen-bond acceptors (Lipinski definition) is 3. The van der Waals surface area contributed by atoms with E-state index in [2.05, 4.69) is 5.32 Å². The van der Waals surface area contributed by atoms with E-state index in [-0.39, 0.29) is 24.3 Å². The van der Waals surface area contributed by atoms with Crippen molar-refractivity contribution in [1.82, 2.24) is 5.32 Å². The third-order valence-electron chi connectivity index (χ3n) is 2.75. The molecule has 0 bridgehead atoms. The molecule has 5 heteroatoms. The van der Waals surface area contributed by atoms with Crippen molar-refractivity contribution >= 4 is 28.5 Å². The zero-order chi connectivity index (χ0) is 13.1. The molecule has 1 unspecified atom stereocenters. The Morgan fingerprint density at radius 1 is 1.50 bits per heavy atom. The quantitative estimate of drug-likeness (QED) is 0.895. The van der Waals surface area contributed by atoms with E-state index < -0.39 is 0 Å². The van der Waals surface area contributed by atoms with E-state index in [1.807, 2.05) is 6.92 Å². The predicted molar refractivity (Wildman–Crippen MR) is 69.9 cm³/mol. The molecule has 2 N–H and O–H groups in total. The maximum absolute atomic E-state index is 11.9. The highest BCUT2D eigenvalue weighted by molar-refractivity contribution is 6.31. The Hall–Kier alpha value is -1.52. The number of carbonyl (C=O) groups is 1. The van der Waals surface area contributed by atoms with E-state index in [1.54, 1.807) is 24.3 Å². The number of halogens is 1. The largest absolute Gasteiger partial charge is 0.451 e. The van der Waals surface area contributed by atoms with E-state index >= 15 is 0 Å². The monoisotopic (exact) mass is 267 g/mol. The van der Waals surface area contributed by atoms with E-state index in [1.165, 1.54) is 0 Å². The Bertz CT molecular complexity index is 560. The minimum Gasteiger partial charge on any atom is -0.451 e. The SMILES string of the molecule is CCC(CO)NC(=O)c1cc2cc(Cl)ccc2o1. The van der Waals surface area contributed by atoms with Crippen molar-refractivity contribution in [2.45, 2.75) is 19.4 Å². The minimum absolute atomic E-state index is 0.0890. The molecule has 96 valence electrons. The molecule has 2 aromatic rings. The summed E-state index contributed by atoms with van der Waals surface area (Å²) in [4.78, 5) is 11.9. The fourth-order valence-electron chi connectivity index (χ4n) is 1.66. The van der Waals surface area contributed by atoms with Crippen LogP contribution in [0.4, 0.5) is 0 Å². The van der Waals surface area contributed by atoms with Gasteiger partial charge in [-0.05, 0) is 30.7 Å². The van der Waals surface area contributed by atoms with Gasteiger partial charge in [0.25, 0.3) is 5.91 Å². The van der Waals surface area contributed by atoms with Crippen LogP contribution in [0.2, 0.25) is 5.02 Å². The molecule has 1 amide bonds. The Kier molecular flexibility index (Phi) is 3.89. The first-order valence-electron chi connectivity index (χ1n) is 5.75. The van der Waals surface area contributed by atoms with Crippen LogP contribution in [0, 0.1) is 0 Å². The second-order valence-electron chi connectivity index (χ2n) is 4.05. The number of furan rings is 1. The molecule has 1 aromatic carbocycles. The number of amides is 1. The lowest BCUT2D eigenvalue weighted by molar-refractivity contribution is 0.0889. The normalized spacial score (nSPS) is 12.6. The number of aliphatic hydroxyl groups is 1. The molecule has 4 nitrogen and oxygen atoms in total. The molecule has 0 saturated carbocycles. The topological polar surface area (TPSA) is 62.5 Å². The summed E-state index contributed by atoms with van der Waals surface area (Å²) in [5.74, 6) is -0.109. The Balaban J connectivity index is 2.23. The smallest absolute Gasteiger partial charge is 0.287 e. The summed E-state index contributed by atoms with van der Waals surface area (Å²) in [5, 5.41) is 13.1. The number of carbonyl (C=O) groups excluding carboxylic acids is 1. The highest BCUT2D eigenvalue weighted by Crippen LogP contribution is 2.23. The van der Waals surface area contributed by atoms with Gasteiger partial charge in [0.1, 0.15) is 5.58 Å². The first kappa shape index (κ1) is 12.9. The highest BCUT2D eigenvalue weighted by atomic mass is 35.5. The molecule has 0 spiro atoms. The summed E-state index contributed by atoms with van der Waals surface area (Å²) < 4.78 is 5.42. The molecule has 2 rings (SSSR count). The number of hydrogen-bond donors (Lipinski definition) is 2. The molecule has 1 aromatic heterocycles. The van der Waals surface area contributed by atoms with Crippen LogP contribution in [-0.4, -0.2) is 23.7 Å². The first-order valence-corrected chi connectivity index (χ1v) is 6.12. The lowest BCUT2D eigenvalue weighted by atomic mass is 10.2. The van der Waals surface area contributed by atoms with Crippen LogP contribution in [0.1, 0.15) is 23.9 Å². The molecule has 0 saturated heterocycles. The van der Waals surface area contributed by atoms with E-state index in [0.29, 0.717) is 17.0 Å². The van der Waals surface area contributed by atoms with Gasteiger partial charge in [-0.2, -0.15) is 0 Å². The van der Waals surface area contributed by atoms with Crippen molar-refractivity contribution in [3.05, 3.63) is 35.0 Å². The lowest BCUT2D eigenvalue weighted by Gasteiger charge is -2.12. The molecule has 0 fully saturated rings. The fourth-order valence-corrected chi connectivity index (χ4v) is 1.84. The van der Waals surface area contributed by atoms with Crippen molar-refractivity contribution in [2.75, 3.05) is 6.61 Å². The van der Waals surface area contributed by atoms with Crippen LogP contribution < -0.4 is 5.32 Å². The van der Waals surface area contributed by atoms with Crippen molar-refractivity contribution in [2.24, 2.45) is 0 Å². The van der Waals surface area contributed by atoms with Gasteiger partial charge in [0.2, 0.25) is 0 Å². The van der Waals surface area contributed by atoms with Crippen LogP contribution in [0.15, 0.2) is 28.7 Å². The van der Waals surface area contributed by atoms with E-state index in [4.69, 9.17) is 21.1 Å². The number of rotatable bonds is 4. The summed E-state index contributed by atoms with van der Waals surface area (Å²) in [5.41, 5.74) is 0.613. The summed E-state index contributed by atoms with van der Waals surface area (Å²) in [6.45, 7) is 1.80. The molecular formula is C13H14ClNO3. The molecule has 0 radical (unpaired) electrons. The third kappa shape index (κ3) is 2.66. The van der Waals surface area contributed by atoms with Gasteiger partial charge in [0.05, 0.1) is 12.6 Å². The van der Waals surface area contributed by atoms with Gasteiger partial charge < -0.3 is 14.8 Å². The maximum Gasteiger partial charge on any atom is 0.287 e. The Morgan fingerprint density at radius 2 is 2.28 bits per heavy atom. The molecule has 1 atom stereocenters. The standard InChI is InChI=1S/C13H14ClNO3/c1-2-10(7-16)15-13(17)12-6-8-5-9(14)3-4-11(8)18-12/h3-6,10,16H,2,7H2,1H3,(H,15,17). The minimum atomic E-state index is -0.330. The lowest BCUT2D eigenvalue weighted by Crippen LogP contribution is -2.36. The zero-order valence-corrected chi connectivity index (χ0v) is 10.7. The number of fused-ring (bicyclic) bond motifs is 1. The van der Waals surface area contributed by atoms with Crippen LogP contribution >= 0.6 is 11.6 Å². The average Bonchev–Trinajstić information content (AvgIpc) is 2.78. The second-order valence-corrected chi connectivity index (χ2v) is 4.49. The summed E-state index contributed by atoms with van der Waals surface area (Å²) in [6.07, 6.45) is 0.661. The summed E-state index contributed by atoms with van der Waals surface area (Å²) in [6, 6.07) is 6.55. The number of aliphatic hydroxyl groups excluding tert-OH is 1. The zero-order valence-electron chi connectivity index (χ0n) is 9.94. The van der Waals surface area contributed by atoms with Gasteiger partial charge in [-0.3, -0.25) is 4.79 Å². The van der Waals surface area contributed by atoms with Crippen LogP contribution in [0.3, 0.4) is 0 Å². The van der Waals surface area contributed by atoms with Crippen molar-refractivity contribution < 1.29 is 14.3 Å². The highest BCUT2D eigenvalue weighted by Gasteiger charge is 2.15. The van der Waals surface area contributed by atoms with Gasteiger partial charge in [0.15, 0.2) is 5.76 Å². The van der Waals surface area contributed by atoms with Gasteiger partial charge in [-0.1, -0.05) is 18.5 Å². The van der Waals surface area contributed by atoms with Gasteiger partial charge in [-0.15, -0.1) is 0 Å². The predicted octanol–water partition coefficient (Wildman–Crippen LogP) is 2.59.